The largest absolute Gasteiger partial charge is 0.335 e. The molecule has 0 bridgehead atoms. The molecule has 1 amide bonds. The van der Waals surface area contributed by atoms with Gasteiger partial charge in [0.15, 0.2) is 0 Å². The number of sulfonamides is 1. The molecule has 1 saturated heterocycles. The van der Waals surface area contributed by atoms with Gasteiger partial charge in [-0.3, -0.25) is 9.52 Å². The Kier molecular flexibility index (Phi) is 6.16. The topological polar surface area (TPSA) is 66.5 Å². The molecule has 7 heteroatoms. The Morgan fingerprint density at radius 1 is 1.10 bits per heavy atom. The van der Waals surface area contributed by atoms with Gasteiger partial charge in [-0.1, -0.05) is 36.4 Å². The summed E-state index contributed by atoms with van der Waals surface area (Å²) in [6, 6.07) is 16.9. The van der Waals surface area contributed by atoms with Gasteiger partial charge in [-0.05, 0) is 72.5 Å². The van der Waals surface area contributed by atoms with Crippen LogP contribution in [0.25, 0.3) is 0 Å². The lowest BCUT2D eigenvalue weighted by Gasteiger charge is -2.26. The quantitative estimate of drug-likeness (QED) is 0.565. The van der Waals surface area contributed by atoms with E-state index in [1.807, 2.05) is 17.0 Å². The van der Waals surface area contributed by atoms with E-state index < -0.39 is 10.0 Å². The summed E-state index contributed by atoms with van der Waals surface area (Å²) in [5.41, 5.74) is 5.06. The highest BCUT2D eigenvalue weighted by Crippen LogP contribution is 2.33. The first-order valence-corrected chi connectivity index (χ1v) is 12.7. The Labute approximate surface area is 187 Å². The van der Waals surface area contributed by atoms with Crippen molar-refractivity contribution in [2.24, 2.45) is 0 Å². The number of hydrogen-bond acceptors (Lipinski definition) is 4. The number of rotatable bonds is 6. The minimum absolute atomic E-state index is 0.104. The van der Waals surface area contributed by atoms with Crippen LogP contribution in [-0.4, -0.2) is 25.8 Å². The van der Waals surface area contributed by atoms with Crippen molar-refractivity contribution >= 4 is 33.0 Å². The summed E-state index contributed by atoms with van der Waals surface area (Å²) in [6.45, 7) is 4.98. The predicted molar refractivity (Wildman–Crippen MR) is 125 cm³/mol. The number of likely N-dealkylation sites (tertiary alicyclic amines) is 1. The monoisotopic (exact) mass is 454 g/mol. The molecule has 1 fully saturated rings. The first-order chi connectivity index (χ1) is 14.8. The number of aryl methyl sites for hydroxylation is 2. The fourth-order valence-corrected chi connectivity index (χ4v) is 6.02. The predicted octanol–water partition coefficient (Wildman–Crippen LogP) is 5.07. The van der Waals surface area contributed by atoms with Crippen LogP contribution >= 0.6 is 11.3 Å². The minimum Gasteiger partial charge on any atom is -0.335 e. The first-order valence-electron chi connectivity index (χ1n) is 10.4. The van der Waals surface area contributed by atoms with Gasteiger partial charge in [0, 0.05) is 12.2 Å². The van der Waals surface area contributed by atoms with Crippen molar-refractivity contribution in [3.05, 3.63) is 82.2 Å². The molecular weight excluding hydrogens is 428 g/mol. The molecule has 1 atom stereocenters. The van der Waals surface area contributed by atoms with E-state index in [9.17, 15) is 13.2 Å². The fourth-order valence-electron chi connectivity index (χ4n) is 3.97. The molecule has 2 heterocycles. The molecule has 162 valence electrons. The minimum atomic E-state index is -3.57. The number of nitrogens with one attached hydrogen (secondary N) is 1. The van der Waals surface area contributed by atoms with Gasteiger partial charge >= 0.3 is 0 Å². The summed E-state index contributed by atoms with van der Waals surface area (Å²) in [4.78, 5) is 15.0. The van der Waals surface area contributed by atoms with Crippen LogP contribution in [0.5, 0.6) is 0 Å². The van der Waals surface area contributed by atoms with Crippen LogP contribution in [0.1, 0.15) is 41.1 Å². The molecule has 0 radical (unpaired) electrons. The van der Waals surface area contributed by atoms with Gasteiger partial charge in [-0.25, -0.2) is 8.42 Å². The summed E-state index contributed by atoms with van der Waals surface area (Å²) in [7, 11) is -3.57. The van der Waals surface area contributed by atoms with Crippen LogP contribution < -0.4 is 4.72 Å². The molecule has 0 saturated carbocycles. The average Bonchev–Trinajstić information content (AvgIpc) is 3.43. The first kappa shape index (κ1) is 21.6. The maximum absolute atomic E-state index is 13.0. The molecule has 1 aliphatic rings. The zero-order valence-electron chi connectivity index (χ0n) is 17.7. The van der Waals surface area contributed by atoms with Gasteiger partial charge in [0.2, 0.25) is 5.91 Å². The summed E-state index contributed by atoms with van der Waals surface area (Å²) in [5, 5.41) is 1.73. The Morgan fingerprint density at radius 2 is 1.87 bits per heavy atom. The van der Waals surface area contributed by atoms with Gasteiger partial charge in [0.05, 0.1) is 12.5 Å². The molecule has 1 N–H and O–H groups in total. The second kappa shape index (κ2) is 8.85. The summed E-state index contributed by atoms with van der Waals surface area (Å²) < 4.78 is 27.6. The molecular formula is C24H26N2O3S2. The third-order valence-corrected chi connectivity index (χ3v) is 8.59. The van der Waals surface area contributed by atoms with E-state index in [1.165, 1.54) is 28.0 Å². The van der Waals surface area contributed by atoms with Gasteiger partial charge in [-0.2, -0.15) is 0 Å². The van der Waals surface area contributed by atoms with Crippen molar-refractivity contribution in [2.45, 2.75) is 43.4 Å². The molecule has 2 aromatic carbocycles. The van der Waals surface area contributed by atoms with Crippen molar-refractivity contribution in [3.8, 4) is 0 Å². The lowest BCUT2D eigenvalue weighted by molar-refractivity contribution is -0.131. The highest BCUT2D eigenvalue weighted by atomic mass is 32.2. The molecule has 0 spiro atoms. The number of hydrogen-bond donors (Lipinski definition) is 1. The summed E-state index contributed by atoms with van der Waals surface area (Å²) in [5.74, 6) is 0.104. The lowest BCUT2D eigenvalue weighted by Crippen LogP contribution is -2.31. The van der Waals surface area contributed by atoms with Crippen molar-refractivity contribution < 1.29 is 13.2 Å². The van der Waals surface area contributed by atoms with Crippen LogP contribution in [0.4, 0.5) is 5.69 Å². The van der Waals surface area contributed by atoms with E-state index >= 15 is 0 Å². The molecule has 0 aliphatic carbocycles. The van der Waals surface area contributed by atoms with E-state index in [0.717, 1.165) is 24.9 Å². The van der Waals surface area contributed by atoms with Crippen molar-refractivity contribution in [1.29, 1.82) is 0 Å². The maximum Gasteiger partial charge on any atom is 0.271 e. The van der Waals surface area contributed by atoms with Crippen LogP contribution in [0.3, 0.4) is 0 Å². The summed E-state index contributed by atoms with van der Waals surface area (Å²) >= 11 is 1.17. The fraction of sp³-hybridized carbons (Fsp3) is 0.292. The van der Waals surface area contributed by atoms with E-state index in [-0.39, 0.29) is 16.2 Å². The number of amides is 1. The van der Waals surface area contributed by atoms with Crippen LogP contribution in [0.15, 0.2) is 64.2 Å². The van der Waals surface area contributed by atoms with Gasteiger partial charge in [0.25, 0.3) is 10.0 Å². The zero-order chi connectivity index (χ0) is 22.0. The second-order valence-corrected chi connectivity index (χ2v) is 10.9. The maximum atomic E-state index is 13.0. The smallest absolute Gasteiger partial charge is 0.271 e. The normalized spacial score (nSPS) is 16.5. The van der Waals surface area contributed by atoms with Gasteiger partial charge in [0.1, 0.15) is 4.21 Å². The number of anilines is 1. The van der Waals surface area contributed by atoms with Gasteiger partial charge in [-0.15, -0.1) is 11.3 Å². The molecule has 1 aromatic heterocycles. The average molecular weight is 455 g/mol. The molecule has 3 aromatic rings. The van der Waals surface area contributed by atoms with E-state index in [1.54, 1.807) is 29.6 Å². The number of benzene rings is 2. The van der Waals surface area contributed by atoms with Crippen molar-refractivity contribution in [2.75, 3.05) is 11.3 Å². The number of thiophene rings is 1. The number of nitrogens with zero attached hydrogens (tertiary/aromatic N) is 1. The van der Waals surface area contributed by atoms with Gasteiger partial charge < -0.3 is 4.90 Å². The third kappa shape index (κ3) is 4.83. The van der Waals surface area contributed by atoms with Crippen LogP contribution in [0, 0.1) is 13.8 Å². The second-order valence-electron chi connectivity index (χ2n) is 8.00. The van der Waals surface area contributed by atoms with E-state index in [2.05, 4.69) is 36.8 Å². The highest BCUT2D eigenvalue weighted by Gasteiger charge is 2.30. The zero-order valence-corrected chi connectivity index (χ0v) is 19.3. The van der Waals surface area contributed by atoms with Crippen molar-refractivity contribution in [3.63, 3.8) is 0 Å². The number of carbonyl (C=O) groups is 1. The van der Waals surface area contributed by atoms with E-state index in [4.69, 9.17) is 0 Å². The molecule has 1 unspecified atom stereocenters. The Hall–Kier alpha value is -2.64. The lowest BCUT2D eigenvalue weighted by atomic mass is 9.99. The number of carbonyl (C=O) groups excluding carboxylic acids is 1. The van der Waals surface area contributed by atoms with Crippen LogP contribution in [-0.2, 0) is 21.2 Å². The van der Waals surface area contributed by atoms with Crippen molar-refractivity contribution in [1.82, 2.24) is 4.90 Å². The molecule has 1 aliphatic heterocycles. The Morgan fingerprint density at radius 3 is 2.55 bits per heavy atom. The standard InChI is InChI=1S/C24H26N2O3S2/c1-17-7-10-20(15-18(17)2)22-5-3-13-26(22)23(27)16-19-8-11-21(12-9-19)25-31(28,29)24-6-4-14-30-24/h4,6-12,14-15,22,25H,3,5,13,16H2,1-2H3. The summed E-state index contributed by atoms with van der Waals surface area (Å²) in [6.07, 6.45) is 2.30. The Bertz CT molecular complexity index is 1170. The molecule has 5 nitrogen and oxygen atoms in total. The third-order valence-electron chi connectivity index (χ3n) is 5.81. The molecule has 31 heavy (non-hydrogen) atoms. The SMILES string of the molecule is Cc1ccc(C2CCCN2C(=O)Cc2ccc(NS(=O)(=O)c3cccs3)cc2)cc1C. The molecule has 4 rings (SSSR count). The Balaban J connectivity index is 1.43. The van der Waals surface area contributed by atoms with E-state index in [0.29, 0.717) is 12.1 Å². The van der Waals surface area contributed by atoms with Crippen LogP contribution in [0.2, 0.25) is 0 Å². The highest BCUT2D eigenvalue weighted by molar-refractivity contribution is 7.94.